The van der Waals surface area contributed by atoms with Crippen LogP contribution in [0.5, 0.6) is 5.75 Å². The van der Waals surface area contributed by atoms with Crippen LogP contribution in [0.2, 0.25) is 5.02 Å². The summed E-state index contributed by atoms with van der Waals surface area (Å²) in [5, 5.41) is 0.398. The average molecular weight is 358 g/mol. The molecule has 0 radical (unpaired) electrons. The van der Waals surface area contributed by atoms with Crippen LogP contribution in [0.1, 0.15) is 5.56 Å². The fraction of sp³-hybridized carbons (Fsp3) is 0.214. The molecule has 3 rings (SSSR count). The van der Waals surface area contributed by atoms with Crippen molar-refractivity contribution in [2.24, 2.45) is 0 Å². The predicted molar refractivity (Wildman–Crippen MR) is 79.9 cm³/mol. The van der Waals surface area contributed by atoms with Crippen molar-refractivity contribution in [1.29, 1.82) is 0 Å². The second kappa shape index (κ2) is 5.58. The molecule has 0 N–H and O–H groups in total. The number of benzene rings is 1. The molecular formula is C14H11BrClFN2O. The maximum Gasteiger partial charge on any atom is 0.172 e. The molecule has 1 aliphatic rings. The van der Waals surface area contributed by atoms with Crippen LogP contribution in [0.25, 0.3) is 0 Å². The summed E-state index contributed by atoms with van der Waals surface area (Å²) >= 11 is 9.11. The summed E-state index contributed by atoms with van der Waals surface area (Å²) in [6.45, 7) is 1.66. The van der Waals surface area contributed by atoms with Crippen LogP contribution in [0.3, 0.4) is 0 Å². The molecule has 20 heavy (non-hydrogen) atoms. The van der Waals surface area contributed by atoms with Gasteiger partial charge in [-0.15, -0.1) is 0 Å². The molecule has 0 bridgehead atoms. The molecule has 2 heterocycles. The normalized spacial score (nSPS) is 13.8. The third-order valence-corrected chi connectivity index (χ3v) is 3.78. The Morgan fingerprint density at radius 2 is 2.20 bits per heavy atom. The minimum Gasteiger partial charge on any atom is -0.488 e. The van der Waals surface area contributed by atoms with E-state index in [9.17, 15) is 4.39 Å². The summed E-state index contributed by atoms with van der Waals surface area (Å²) in [5.74, 6) is 1.13. The molecule has 0 fully saturated rings. The minimum absolute atomic E-state index is 0.305. The Kier molecular flexibility index (Phi) is 3.81. The molecule has 1 aliphatic heterocycles. The van der Waals surface area contributed by atoms with Crippen molar-refractivity contribution in [1.82, 2.24) is 4.98 Å². The zero-order valence-corrected chi connectivity index (χ0v) is 12.8. The van der Waals surface area contributed by atoms with Crippen molar-refractivity contribution in [2.75, 3.05) is 18.1 Å². The van der Waals surface area contributed by atoms with Gasteiger partial charge in [-0.1, -0.05) is 17.7 Å². The summed E-state index contributed by atoms with van der Waals surface area (Å²) in [5.41, 5.74) is 0.587. The van der Waals surface area contributed by atoms with E-state index < -0.39 is 0 Å². The maximum atomic E-state index is 13.9. The van der Waals surface area contributed by atoms with Crippen LogP contribution in [-0.2, 0) is 6.54 Å². The Morgan fingerprint density at radius 3 is 3.00 bits per heavy atom. The smallest absolute Gasteiger partial charge is 0.172 e. The molecule has 0 spiro atoms. The van der Waals surface area contributed by atoms with Crippen molar-refractivity contribution in [3.8, 4) is 5.75 Å². The average Bonchev–Trinajstić information content (AvgIpc) is 2.42. The van der Waals surface area contributed by atoms with Gasteiger partial charge in [-0.25, -0.2) is 9.37 Å². The molecule has 104 valence electrons. The molecule has 0 amide bonds. The molecule has 0 unspecified atom stereocenters. The Hall–Kier alpha value is -1.33. The predicted octanol–water partition coefficient (Wildman–Crippen LogP) is 4.04. The molecule has 2 aromatic rings. The lowest BCUT2D eigenvalue weighted by molar-refractivity contribution is 0.304. The van der Waals surface area contributed by atoms with Crippen molar-refractivity contribution in [3.05, 3.63) is 51.3 Å². The van der Waals surface area contributed by atoms with E-state index in [0.717, 1.165) is 10.4 Å². The zero-order chi connectivity index (χ0) is 14.1. The van der Waals surface area contributed by atoms with Crippen molar-refractivity contribution >= 4 is 33.3 Å². The van der Waals surface area contributed by atoms with Gasteiger partial charge in [0.1, 0.15) is 17.0 Å². The molecule has 0 atom stereocenters. The van der Waals surface area contributed by atoms with Gasteiger partial charge in [0.25, 0.3) is 0 Å². The van der Waals surface area contributed by atoms with Gasteiger partial charge in [-0.05, 0) is 40.2 Å². The Morgan fingerprint density at radius 1 is 1.35 bits per heavy atom. The minimum atomic E-state index is -0.305. The highest BCUT2D eigenvalue weighted by molar-refractivity contribution is 9.10. The lowest BCUT2D eigenvalue weighted by atomic mass is 10.2. The van der Waals surface area contributed by atoms with Gasteiger partial charge in [0.15, 0.2) is 11.6 Å². The molecule has 3 nitrogen and oxygen atoms in total. The molecule has 1 aromatic carbocycles. The van der Waals surface area contributed by atoms with Crippen LogP contribution < -0.4 is 9.64 Å². The molecule has 0 saturated heterocycles. The van der Waals surface area contributed by atoms with Gasteiger partial charge in [0.05, 0.1) is 6.54 Å². The van der Waals surface area contributed by atoms with E-state index in [-0.39, 0.29) is 5.82 Å². The number of nitrogens with zero attached hydrogens (tertiary/aromatic N) is 2. The third kappa shape index (κ3) is 2.74. The first-order chi connectivity index (χ1) is 9.63. The second-order valence-corrected chi connectivity index (χ2v) is 5.71. The van der Waals surface area contributed by atoms with E-state index in [1.807, 2.05) is 17.0 Å². The molecule has 0 aliphatic carbocycles. The summed E-state index contributed by atoms with van der Waals surface area (Å²) < 4.78 is 20.2. The fourth-order valence-corrected chi connectivity index (χ4v) is 2.59. The summed E-state index contributed by atoms with van der Waals surface area (Å²) in [7, 11) is 0. The number of hydrogen-bond acceptors (Lipinski definition) is 3. The monoisotopic (exact) mass is 356 g/mol. The van der Waals surface area contributed by atoms with E-state index in [2.05, 4.69) is 20.9 Å². The van der Waals surface area contributed by atoms with Crippen molar-refractivity contribution < 1.29 is 9.13 Å². The van der Waals surface area contributed by atoms with Gasteiger partial charge in [-0.2, -0.15) is 0 Å². The van der Waals surface area contributed by atoms with Crippen LogP contribution >= 0.6 is 27.5 Å². The van der Waals surface area contributed by atoms with E-state index in [1.165, 1.54) is 6.07 Å². The van der Waals surface area contributed by atoms with E-state index in [0.29, 0.717) is 36.0 Å². The Bertz CT molecular complexity index is 653. The van der Waals surface area contributed by atoms with Crippen molar-refractivity contribution in [2.45, 2.75) is 6.54 Å². The third-order valence-electron chi connectivity index (χ3n) is 3.10. The first-order valence-electron chi connectivity index (χ1n) is 6.12. The summed E-state index contributed by atoms with van der Waals surface area (Å²) in [6, 6.07) is 8.40. The van der Waals surface area contributed by atoms with Gasteiger partial charge in [0, 0.05) is 17.1 Å². The van der Waals surface area contributed by atoms with E-state index >= 15 is 0 Å². The first-order valence-corrected chi connectivity index (χ1v) is 7.29. The van der Waals surface area contributed by atoms with E-state index in [1.54, 1.807) is 12.1 Å². The van der Waals surface area contributed by atoms with Gasteiger partial charge in [0.2, 0.25) is 0 Å². The Balaban J connectivity index is 1.91. The lowest BCUT2D eigenvalue weighted by Gasteiger charge is -2.30. The van der Waals surface area contributed by atoms with E-state index in [4.69, 9.17) is 16.3 Å². The zero-order valence-electron chi connectivity index (χ0n) is 10.4. The topological polar surface area (TPSA) is 25.4 Å². The van der Waals surface area contributed by atoms with Crippen LogP contribution in [0.4, 0.5) is 10.2 Å². The van der Waals surface area contributed by atoms with Crippen LogP contribution in [0, 0.1) is 5.82 Å². The van der Waals surface area contributed by atoms with Crippen LogP contribution in [-0.4, -0.2) is 18.1 Å². The lowest BCUT2D eigenvalue weighted by Crippen LogP contribution is -2.33. The van der Waals surface area contributed by atoms with Crippen molar-refractivity contribution in [3.63, 3.8) is 0 Å². The molecule has 0 saturated carbocycles. The van der Waals surface area contributed by atoms with Gasteiger partial charge in [-0.3, -0.25) is 0 Å². The molecule has 1 aromatic heterocycles. The van der Waals surface area contributed by atoms with Crippen LogP contribution in [0.15, 0.2) is 34.9 Å². The highest BCUT2D eigenvalue weighted by atomic mass is 79.9. The highest BCUT2D eigenvalue weighted by Crippen LogP contribution is 2.32. The number of aromatic nitrogens is 1. The number of rotatable bonds is 2. The number of hydrogen-bond donors (Lipinski definition) is 0. The number of halogens is 3. The maximum absolute atomic E-state index is 13.9. The number of ether oxygens (including phenoxy) is 1. The first kappa shape index (κ1) is 13.6. The molecule has 6 heteroatoms. The summed E-state index contributed by atoms with van der Waals surface area (Å²) in [6.07, 6.45) is 0. The van der Waals surface area contributed by atoms with Gasteiger partial charge < -0.3 is 9.64 Å². The Labute approximate surface area is 129 Å². The largest absolute Gasteiger partial charge is 0.488 e. The second-order valence-electron chi connectivity index (χ2n) is 4.46. The number of anilines is 1. The SMILES string of the molecule is Fc1cc(Cl)ccc1CN1CCOc2ccc(Br)nc21. The molecular weight excluding hydrogens is 347 g/mol. The fourth-order valence-electron chi connectivity index (χ4n) is 2.13. The number of fused-ring (bicyclic) bond motifs is 1. The quantitative estimate of drug-likeness (QED) is 0.759. The summed E-state index contributed by atoms with van der Waals surface area (Å²) in [4.78, 5) is 6.40. The van der Waals surface area contributed by atoms with Gasteiger partial charge >= 0.3 is 0 Å². The standard InChI is InChI=1S/C14H11BrClFN2O/c15-13-4-3-12-14(18-13)19(5-6-20-12)8-9-1-2-10(16)7-11(9)17/h1-4,7H,5-6,8H2. The number of pyridine rings is 1. The highest BCUT2D eigenvalue weighted by Gasteiger charge is 2.21.